The number of nitrogens with one attached hydrogen (secondary N) is 2. The van der Waals surface area contributed by atoms with Crippen molar-refractivity contribution < 1.29 is 0 Å². The molecule has 1 aliphatic rings. The highest BCUT2D eigenvalue weighted by Crippen LogP contribution is 2.15. The van der Waals surface area contributed by atoms with Crippen LogP contribution in [-0.2, 0) is 0 Å². The number of allylic oxidation sites excluding steroid dienone is 6. The van der Waals surface area contributed by atoms with Crippen molar-refractivity contribution in [1.82, 2.24) is 5.32 Å². The minimum absolute atomic E-state index is 0.557. The number of rotatable bonds is 11. The lowest BCUT2D eigenvalue weighted by molar-refractivity contribution is 0.572. The molecular weight excluding hydrogens is 268 g/mol. The summed E-state index contributed by atoms with van der Waals surface area (Å²) >= 11 is 0. The Morgan fingerprint density at radius 3 is 2.41 bits per heavy atom. The minimum atomic E-state index is 0.557. The molecule has 1 aliphatic carbocycles. The smallest absolute Gasteiger partial charge is 0.0843 e. The molecule has 0 spiro atoms. The average Bonchev–Trinajstić information content (AvgIpc) is 2.52. The minimum Gasteiger partial charge on any atom is -0.358 e. The number of hydrogen-bond donors (Lipinski definition) is 2. The summed E-state index contributed by atoms with van der Waals surface area (Å²) in [5.41, 5.74) is 3.40. The van der Waals surface area contributed by atoms with Crippen molar-refractivity contribution >= 4 is 5.71 Å². The van der Waals surface area contributed by atoms with Crippen LogP contribution in [0.5, 0.6) is 0 Å². The van der Waals surface area contributed by atoms with Gasteiger partial charge in [0.25, 0.3) is 0 Å². The van der Waals surface area contributed by atoms with E-state index in [0.29, 0.717) is 5.71 Å². The van der Waals surface area contributed by atoms with Gasteiger partial charge in [-0.05, 0) is 31.4 Å². The molecule has 0 aromatic rings. The Balaban J connectivity index is 2.15. The molecule has 0 saturated heterocycles. The third-order valence-corrected chi connectivity index (χ3v) is 4.05. The van der Waals surface area contributed by atoms with Gasteiger partial charge in [0, 0.05) is 5.70 Å². The Kier molecular flexibility index (Phi) is 9.29. The van der Waals surface area contributed by atoms with Gasteiger partial charge in [-0.3, -0.25) is 5.41 Å². The van der Waals surface area contributed by atoms with E-state index in [1.807, 2.05) is 31.2 Å². The normalized spacial score (nSPS) is 16.0. The molecule has 22 heavy (non-hydrogen) atoms. The van der Waals surface area contributed by atoms with Gasteiger partial charge in [-0.1, -0.05) is 76.7 Å². The van der Waals surface area contributed by atoms with E-state index >= 15 is 0 Å². The molecule has 0 fully saturated rings. The maximum absolute atomic E-state index is 8.13. The van der Waals surface area contributed by atoms with Crippen LogP contribution < -0.4 is 5.32 Å². The molecule has 0 bridgehead atoms. The monoisotopic (exact) mass is 300 g/mol. The van der Waals surface area contributed by atoms with Crippen molar-refractivity contribution in [3.63, 3.8) is 0 Å². The van der Waals surface area contributed by atoms with E-state index in [-0.39, 0.29) is 0 Å². The van der Waals surface area contributed by atoms with E-state index in [1.165, 1.54) is 51.4 Å². The fourth-order valence-corrected chi connectivity index (χ4v) is 2.64. The van der Waals surface area contributed by atoms with Crippen LogP contribution in [0, 0.1) is 5.41 Å². The summed E-state index contributed by atoms with van der Waals surface area (Å²) in [6, 6.07) is 0. The van der Waals surface area contributed by atoms with E-state index < -0.39 is 0 Å². The van der Waals surface area contributed by atoms with Gasteiger partial charge in [0.15, 0.2) is 0 Å². The first-order valence-electron chi connectivity index (χ1n) is 8.77. The molecule has 0 aliphatic heterocycles. The van der Waals surface area contributed by atoms with Crippen molar-refractivity contribution in [1.29, 1.82) is 5.41 Å². The van der Waals surface area contributed by atoms with Gasteiger partial charge in [-0.25, -0.2) is 0 Å². The molecule has 1 rings (SSSR count). The Morgan fingerprint density at radius 1 is 1.14 bits per heavy atom. The summed E-state index contributed by atoms with van der Waals surface area (Å²) in [4.78, 5) is 0. The standard InChI is InChI=1S/C20H32N2/c1-4-6-7-8-9-10-11-12-14-17(3)22-19-16-13-15-18(5-2)20(19)21/h5,13,15-16,21-22H,3-4,6-12,14H2,1-2H3/b18-5-,21-20?. The van der Waals surface area contributed by atoms with Gasteiger partial charge in [0.2, 0.25) is 0 Å². The Bertz CT molecular complexity index is 452. The highest BCUT2D eigenvalue weighted by atomic mass is 14.9. The first-order chi connectivity index (χ1) is 10.7. The summed E-state index contributed by atoms with van der Waals surface area (Å²) < 4.78 is 0. The maximum atomic E-state index is 8.13. The van der Waals surface area contributed by atoms with Crippen LogP contribution in [0.4, 0.5) is 0 Å². The lowest BCUT2D eigenvalue weighted by Crippen LogP contribution is -2.21. The van der Waals surface area contributed by atoms with Crippen LogP contribution in [0.1, 0.15) is 71.6 Å². The SMILES string of the molecule is C=C(CCCCCCCCCC)NC1=CC=C/C(=C/C)C1=N. The summed E-state index contributed by atoms with van der Waals surface area (Å²) in [5, 5.41) is 11.4. The van der Waals surface area contributed by atoms with Gasteiger partial charge in [-0.2, -0.15) is 0 Å². The van der Waals surface area contributed by atoms with Crippen molar-refractivity contribution in [2.45, 2.75) is 71.6 Å². The zero-order valence-electron chi connectivity index (χ0n) is 14.4. The lowest BCUT2D eigenvalue weighted by atomic mass is 10.0. The third kappa shape index (κ3) is 6.93. The van der Waals surface area contributed by atoms with E-state index in [4.69, 9.17) is 5.41 Å². The maximum Gasteiger partial charge on any atom is 0.0843 e. The van der Waals surface area contributed by atoms with Crippen molar-refractivity contribution in [3.8, 4) is 0 Å². The van der Waals surface area contributed by atoms with Crippen molar-refractivity contribution in [2.75, 3.05) is 0 Å². The quantitative estimate of drug-likeness (QED) is 0.448. The first-order valence-corrected chi connectivity index (χ1v) is 8.77. The molecule has 0 amide bonds. The Morgan fingerprint density at radius 2 is 1.77 bits per heavy atom. The van der Waals surface area contributed by atoms with Crippen LogP contribution in [0.3, 0.4) is 0 Å². The fraction of sp³-hybridized carbons (Fsp3) is 0.550. The molecule has 0 heterocycles. The predicted octanol–water partition coefficient (Wildman–Crippen LogP) is 6.04. The second-order valence-electron chi connectivity index (χ2n) is 6.01. The second kappa shape index (κ2) is 11.1. The van der Waals surface area contributed by atoms with Crippen molar-refractivity contribution in [2.24, 2.45) is 0 Å². The molecule has 0 atom stereocenters. The molecule has 0 aromatic carbocycles. The predicted molar refractivity (Wildman–Crippen MR) is 98.2 cm³/mol. The van der Waals surface area contributed by atoms with Crippen LogP contribution in [0.25, 0.3) is 0 Å². The molecule has 2 heteroatoms. The summed E-state index contributed by atoms with van der Waals surface area (Å²) in [7, 11) is 0. The zero-order valence-corrected chi connectivity index (χ0v) is 14.4. The Hall–Kier alpha value is -1.57. The van der Waals surface area contributed by atoms with Crippen LogP contribution in [0.2, 0.25) is 0 Å². The summed E-state index contributed by atoms with van der Waals surface area (Å²) in [6.07, 6.45) is 19.5. The number of unbranched alkanes of at least 4 members (excludes halogenated alkanes) is 7. The topological polar surface area (TPSA) is 35.9 Å². The van der Waals surface area contributed by atoms with Gasteiger partial charge >= 0.3 is 0 Å². The van der Waals surface area contributed by atoms with Gasteiger partial charge in [0.1, 0.15) is 0 Å². The average molecular weight is 300 g/mol. The van der Waals surface area contributed by atoms with Crippen LogP contribution >= 0.6 is 0 Å². The second-order valence-corrected chi connectivity index (χ2v) is 6.01. The van der Waals surface area contributed by atoms with Gasteiger partial charge in [0.05, 0.1) is 11.4 Å². The molecule has 122 valence electrons. The largest absolute Gasteiger partial charge is 0.358 e. The van der Waals surface area contributed by atoms with E-state index in [9.17, 15) is 0 Å². The zero-order chi connectivity index (χ0) is 16.2. The molecule has 0 unspecified atom stereocenters. The van der Waals surface area contributed by atoms with Crippen molar-refractivity contribution in [3.05, 3.63) is 47.9 Å². The molecule has 0 saturated carbocycles. The first kappa shape index (κ1) is 18.5. The molecular formula is C20H32N2. The Labute approximate surface area is 136 Å². The highest BCUT2D eigenvalue weighted by Gasteiger charge is 2.11. The fourth-order valence-electron chi connectivity index (χ4n) is 2.64. The van der Waals surface area contributed by atoms with E-state index in [1.54, 1.807) is 0 Å². The highest BCUT2D eigenvalue weighted by molar-refractivity contribution is 6.13. The molecule has 0 aromatic heterocycles. The van der Waals surface area contributed by atoms with E-state index in [2.05, 4.69) is 18.8 Å². The summed E-state index contributed by atoms with van der Waals surface area (Å²) in [6.45, 7) is 8.32. The molecule has 2 N–H and O–H groups in total. The van der Waals surface area contributed by atoms with Crippen LogP contribution in [0.15, 0.2) is 47.9 Å². The van der Waals surface area contributed by atoms with E-state index in [0.717, 1.165) is 23.4 Å². The third-order valence-electron chi connectivity index (χ3n) is 4.05. The molecule has 0 radical (unpaired) electrons. The lowest BCUT2D eigenvalue weighted by Gasteiger charge is -2.17. The van der Waals surface area contributed by atoms with Crippen LogP contribution in [-0.4, -0.2) is 5.71 Å². The summed E-state index contributed by atoms with van der Waals surface area (Å²) in [5.74, 6) is 0. The van der Waals surface area contributed by atoms with Gasteiger partial charge in [-0.15, -0.1) is 0 Å². The number of hydrogen-bond acceptors (Lipinski definition) is 2. The van der Waals surface area contributed by atoms with Gasteiger partial charge < -0.3 is 5.32 Å². The molecule has 2 nitrogen and oxygen atoms in total.